The van der Waals surface area contributed by atoms with E-state index in [0.717, 1.165) is 24.3 Å². The second-order valence-corrected chi connectivity index (χ2v) is 5.81. The summed E-state index contributed by atoms with van der Waals surface area (Å²) in [5, 5.41) is 5.48. The van der Waals surface area contributed by atoms with Gasteiger partial charge in [-0.3, -0.25) is 4.98 Å². The Morgan fingerprint density at radius 1 is 1.29 bits per heavy atom. The summed E-state index contributed by atoms with van der Waals surface area (Å²) in [5.41, 5.74) is 8.08. The number of aromatic nitrogens is 4. The van der Waals surface area contributed by atoms with E-state index in [2.05, 4.69) is 46.3 Å². The fourth-order valence-electron chi connectivity index (χ4n) is 3.25. The first-order valence-corrected chi connectivity index (χ1v) is 7.24. The minimum absolute atomic E-state index is 0.376. The van der Waals surface area contributed by atoms with Gasteiger partial charge in [-0.1, -0.05) is 19.1 Å². The number of nitrogens with zero attached hydrogens (tertiary/aromatic N) is 4. The number of pyridine rings is 1. The van der Waals surface area contributed by atoms with Crippen molar-refractivity contribution in [2.45, 2.75) is 25.8 Å². The highest BCUT2D eigenvalue weighted by Crippen LogP contribution is 2.34. The van der Waals surface area contributed by atoms with Crippen molar-refractivity contribution in [3.63, 3.8) is 0 Å². The lowest BCUT2D eigenvalue weighted by Gasteiger charge is -2.29. The smallest absolute Gasteiger partial charge is 0.239 e. The number of nitrogen functional groups attached to an aromatic ring is 1. The summed E-state index contributed by atoms with van der Waals surface area (Å²) in [4.78, 5) is 8.68. The molecule has 0 saturated carbocycles. The van der Waals surface area contributed by atoms with Gasteiger partial charge in [0.2, 0.25) is 5.95 Å². The van der Waals surface area contributed by atoms with E-state index in [4.69, 9.17) is 5.73 Å². The molecule has 0 radical (unpaired) electrons. The van der Waals surface area contributed by atoms with Crippen LogP contribution in [-0.4, -0.2) is 19.7 Å². The quantitative estimate of drug-likeness (QED) is 0.742. The van der Waals surface area contributed by atoms with Gasteiger partial charge in [-0.05, 0) is 29.7 Å². The lowest BCUT2D eigenvalue weighted by Crippen LogP contribution is -2.27. The van der Waals surface area contributed by atoms with E-state index in [0.29, 0.717) is 17.8 Å². The first kappa shape index (κ1) is 12.3. The van der Waals surface area contributed by atoms with E-state index >= 15 is 0 Å². The van der Waals surface area contributed by atoms with Crippen LogP contribution >= 0.6 is 0 Å². The molecule has 21 heavy (non-hydrogen) atoms. The molecule has 0 spiro atoms. The topological polar surface area (TPSA) is 69.6 Å². The molecule has 2 unspecified atom stereocenters. The molecule has 3 aromatic rings. The highest BCUT2D eigenvalue weighted by molar-refractivity contribution is 5.79. The van der Waals surface area contributed by atoms with Crippen molar-refractivity contribution < 1.29 is 0 Å². The van der Waals surface area contributed by atoms with Crippen LogP contribution in [0.2, 0.25) is 0 Å². The molecule has 4 rings (SSSR count). The number of nitrogens with two attached hydrogens (primary N) is 1. The van der Waals surface area contributed by atoms with E-state index in [1.807, 2.05) is 16.9 Å². The zero-order valence-electron chi connectivity index (χ0n) is 11.9. The fourth-order valence-corrected chi connectivity index (χ4v) is 3.25. The average molecular weight is 279 g/mol. The van der Waals surface area contributed by atoms with Crippen molar-refractivity contribution in [2.75, 3.05) is 5.73 Å². The van der Waals surface area contributed by atoms with E-state index in [1.165, 1.54) is 10.9 Å². The molecule has 5 heteroatoms. The maximum absolute atomic E-state index is 5.71. The predicted octanol–water partition coefficient (Wildman–Crippen LogP) is 2.38. The van der Waals surface area contributed by atoms with Crippen LogP contribution in [0.15, 0.2) is 36.5 Å². The van der Waals surface area contributed by atoms with Gasteiger partial charge in [0.15, 0.2) is 0 Å². The Balaban J connectivity index is 1.74. The minimum atomic E-state index is 0.376. The Labute approximate surface area is 122 Å². The molecule has 106 valence electrons. The molecule has 2 atom stereocenters. The van der Waals surface area contributed by atoms with Crippen molar-refractivity contribution in [3.8, 4) is 0 Å². The van der Waals surface area contributed by atoms with E-state index in [-0.39, 0.29) is 0 Å². The van der Waals surface area contributed by atoms with Crippen LogP contribution in [-0.2, 0) is 13.0 Å². The molecule has 0 aliphatic carbocycles. The lowest BCUT2D eigenvalue weighted by molar-refractivity contribution is 0.330. The first-order valence-electron chi connectivity index (χ1n) is 7.24. The minimum Gasteiger partial charge on any atom is -0.366 e. The largest absolute Gasteiger partial charge is 0.366 e. The zero-order chi connectivity index (χ0) is 14.4. The predicted molar refractivity (Wildman–Crippen MR) is 81.8 cm³/mol. The SMILES string of the molecule is CC1Cc2nc(N)nn2CC1c1ccc2ncccc2c1. The van der Waals surface area contributed by atoms with Crippen LogP contribution in [0.25, 0.3) is 10.9 Å². The summed E-state index contributed by atoms with van der Waals surface area (Å²) >= 11 is 0. The summed E-state index contributed by atoms with van der Waals surface area (Å²) in [6.45, 7) is 3.11. The molecule has 1 aromatic carbocycles. The van der Waals surface area contributed by atoms with Crippen molar-refractivity contribution in [1.29, 1.82) is 0 Å². The number of hydrogen-bond acceptors (Lipinski definition) is 4. The number of hydrogen-bond donors (Lipinski definition) is 1. The third kappa shape index (κ3) is 2.05. The summed E-state index contributed by atoms with van der Waals surface area (Å²) in [5.74, 6) is 2.33. The second-order valence-electron chi connectivity index (χ2n) is 5.81. The van der Waals surface area contributed by atoms with Gasteiger partial charge in [-0.2, -0.15) is 4.98 Å². The molecule has 2 N–H and O–H groups in total. The van der Waals surface area contributed by atoms with Gasteiger partial charge in [0.25, 0.3) is 0 Å². The van der Waals surface area contributed by atoms with E-state index < -0.39 is 0 Å². The van der Waals surface area contributed by atoms with Gasteiger partial charge in [-0.15, -0.1) is 5.10 Å². The number of rotatable bonds is 1. The molecule has 0 amide bonds. The maximum Gasteiger partial charge on any atom is 0.239 e. The fraction of sp³-hybridized carbons (Fsp3) is 0.312. The third-order valence-corrected chi connectivity index (χ3v) is 4.38. The van der Waals surface area contributed by atoms with Gasteiger partial charge < -0.3 is 5.73 Å². The molecule has 3 heterocycles. The highest BCUT2D eigenvalue weighted by Gasteiger charge is 2.28. The Hall–Kier alpha value is -2.43. The van der Waals surface area contributed by atoms with Crippen LogP contribution < -0.4 is 5.73 Å². The van der Waals surface area contributed by atoms with Gasteiger partial charge in [0.05, 0.1) is 12.1 Å². The molecule has 0 saturated heterocycles. The van der Waals surface area contributed by atoms with Crippen molar-refractivity contribution in [3.05, 3.63) is 47.9 Å². The number of anilines is 1. The van der Waals surface area contributed by atoms with Crippen LogP contribution in [0.4, 0.5) is 5.95 Å². The van der Waals surface area contributed by atoms with Crippen molar-refractivity contribution in [2.24, 2.45) is 5.92 Å². The van der Waals surface area contributed by atoms with Crippen LogP contribution in [0.5, 0.6) is 0 Å². The van der Waals surface area contributed by atoms with Crippen LogP contribution in [0, 0.1) is 5.92 Å². The van der Waals surface area contributed by atoms with Gasteiger partial charge in [0.1, 0.15) is 5.82 Å². The first-order chi connectivity index (χ1) is 10.2. The van der Waals surface area contributed by atoms with E-state index in [9.17, 15) is 0 Å². The number of fused-ring (bicyclic) bond motifs is 2. The third-order valence-electron chi connectivity index (χ3n) is 4.38. The second kappa shape index (κ2) is 4.55. The molecular formula is C16H17N5. The maximum atomic E-state index is 5.71. The van der Waals surface area contributed by atoms with E-state index in [1.54, 1.807) is 0 Å². The van der Waals surface area contributed by atoms with Crippen LogP contribution in [0.3, 0.4) is 0 Å². The summed E-state index contributed by atoms with van der Waals surface area (Å²) in [6, 6.07) is 10.6. The van der Waals surface area contributed by atoms with Gasteiger partial charge in [0, 0.05) is 23.9 Å². The average Bonchev–Trinajstić information content (AvgIpc) is 2.85. The summed E-state index contributed by atoms with van der Waals surface area (Å²) < 4.78 is 1.95. The number of benzene rings is 1. The lowest BCUT2D eigenvalue weighted by atomic mass is 9.82. The summed E-state index contributed by atoms with van der Waals surface area (Å²) in [6.07, 6.45) is 2.75. The Bertz CT molecular complexity index is 807. The molecular weight excluding hydrogens is 262 g/mol. The molecule has 1 aliphatic rings. The normalized spacial score (nSPS) is 21.4. The Morgan fingerprint density at radius 2 is 2.19 bits per heavy atom. The standard InChI is InChI=1S/C16H17N5/c1-10-7-15-19-16(17)20-21(15)9-13(10)11-4-5-14-12(8-11)3-2-6-18-14/h2-6,8,10,13H,7,9H2,1H3,(H2,17,20). The van der Waals surface area contributed by atoms with Crippen molar-refractivity contribution in [1.82, 2.24) is 19.7 Å². The van der Waals surface area contributed by atoms with Crippen molar-refractivity contribution >= 4 is 16.9 Å². The summed E-state index contributed by atoms with van der Waals surface area (Å²) in [7, 11) is 0. The Kier molecular flexibility index (Phi) is 2.67. The molecule has 0 bridgehead atoms. The van der Waals surface area contributed by atoms with Crippen LogP contribution in [0.1, 0.15) is 24.2 Å². The molecule has 5 nitrogen and oxygen atoms in total. The molecule has 2 aromatic heterocycles. The molecule has 1 aliphatic heterocycles. The monoisotopic (exact) mass is 279 g/mol. The van der Waals surface area contributed by atoms with Gasteiger partial charge >= 0.3 is 0 Å². The highest BCUT2D eigenvalue weighted by atomic mass is 15.4. The Morgan fingerprint density at radius 3 is 3.10 bits per heavy atom. The molecule has 0 fully saturated rings. The van der Waals surface area contributed by atoms with Gasteiger partial charge in [-0.25, -0.2) is 4.68 Å². The zero-order valence-corrected chi connectivity index (χ0v) is 11.9.